The summed E-state index contributed by atoms with van der Waals surface area (Å²) in [5, 5.41) is 0. The van der Waals surface area contributed by atoms with Gasteiger partial charge in [0.1, 0.15) is 17.9 Å². The highest BCUT2D eigenvalue weighted by molar-refractivity contribution is 5.87. The van der Waals surface area contributed by atoms with Crippen molar-refractivity contribution in [2.45, 2.75) is 46.5 Å². The molecule has 0 radical (unpaired) electrons. The van der Waals surface area contributed by atoms with E-state index in [2.05, 4.69) is 6.92 Å². The molecule has 0 amide bonds. The summed E-state index contributed by atoms with van der Waals surface area (Å²) in [6.07, 6.45) is 3.80. The van der Waals surface area contributed by atoms with Gasteiger partial charge in [-0.2, -0.15) is 0 Å². The van der Waals surface area contributed by atoms with Crippen molar-refractivity contribution >= 4 is 17.9 Å². The average molecular weight is 238 g/mol. The second kappa shape index (κ2) is 6.08. The van der Waals surface area contributed by atoms with Crippen LogP contribution in [0.15, 0.2) is 0 Å². The molecule has 3 nitrogen and oxygen atoms in total. The van der Waals surface area contributed by atoms with Crippen LogP contribution in [0.25, 0.3) is 0 Å². The minimum atomic E-state index is -0.185. The Morgan fingerprint density at radius 3 is 2.65 bits per heavy atom. The van der Waals surface area contributed by atoms with Gasteiger partial charge in [0.2, 0.25) is 0 Å². The van der Waals surface area contributed by atoms with Gasteiger partial charge in [0, 0.05) is 24.2 Å². The number of rotatable bonds is 5. The zero-order valence-electron chi connectivity index (χ0n) is 10.9. The van der Waals surface area contributed by atoms with E-state index in [4.69, 9.17) is 0 Å². The van der Waals surface area contributed by atoms with Gasteiger partial charge in [-0.3, -0.25) is 4.79 Å². The van der Waals surface area contributed by atoms with Gasteiger partial charge >= 0.3 is 0 Å². The van der Waals surface area contributed by atoms with Crippen molar-refractivity contribution in [3.8, 4) is 0 Å². The minimum Gasteiger partial charge on any atom is -0.303 e. The fourth-order valence-electron chi connectivity index (χ4n) is 2.74. The van der Waals surface area contributed by atoms with Gasteiger partial charge in [0.05, 0.1) is 0 Å². The predicted molar refractivity (Wildman–Crippen MR) is 65.5 cm³/mol. The Hall–Kier alpha value is -0.990. The number of ketones is 2. The Kier molecular flexibility index (Phi) is 5.03. The predicted octanol–water partition coefficient (Wildman–Crippen LogP) is 2.42. The zero-order valence-corrected chi connectivity index (χ0v) is 10.9. The molecule has 0 heterocycles. The molecule has 0 saturated heterocycles. The molecule has 17 heavy (non-hydrogen) atoms. The van der Waals surface area contributed by atoms with Gasteiger partial charge < -0.3 is 9.59 Å². The first kappa shape index (κ1) is 14.1. The SMILES string of the molecule is CC(=O)CC[C@@H]1C(=O)[C@H](C(C)C=O)CC[C@H]1C. The fourth-order valence-corrected chi connectivity index (χ4v) is 2.74. The van der Waals surface area contributed by atoms with E-state index in [0.29, 0.717) is 18.8 Å². The Morgan fingerprint density at radius 2 is 2.12 bits per heavy atom. The molecule has 0 aliphatic heterocycles. The highest BCUT2D eigenvalue weighted by atomic mass is 16.1. The number of carbonyl (C=O) groups excluding carboxylic acids is 3. The lowest BCUT2D eigenvalue weighted by molar-refractivity contribution is -0.135. The Labute approximate surface area is 103 Å². The van der Waals surface area contributed by atoms with E-state index >= 15 is 0 Å². The lowest BCUT2D eigenvalue weighted by atomic mass is 9.68. The molecule has 1 unspecified atom stereocenters. The maximum absolute atomic E-state index is 12.3. The average Bonchev–Trinajstić information content (AvgIpc) is 2.27. The summed E-state index contributed by atoms with van der Waals surface area (Å²) in [6.45, 7) is 5.45. The van der Waals surface area contributed by atoms with Crippen LogP contribution in [-0.4, -0.2) is 17.9 Å². The van der Waals surface area contributed by atoms with Crippen molar-refractivity contribution in [1.82, 2.24) is 0 Å². The van der Waals surface area contributed by atoms with Crippen LogP contribution in [-0.2, 0) is 14.4 Å². The van der Waals surface area contributed by atoms with Crippen LogP contribution >= 0.6 is 0 Å². The number of carbonyl (C=O) groups is 3. The van der Waals surface area contributed by atoms with E-state index in [9.17, 15) is 14.4 Å². The standard InChI is InChI=1S/C14H22O3/c1-9-4-6-13(10(2)8-15)14(17)12(9)7-5-11(3)16/h8-10,12-13H,4-7H2,1-3H3/t9-,10?,12+,13+/m1/s1. The molecular weight excluding hydrogens is 216 g/mol. The van der Waals surface area contributed by atoms with E-state index < -0.39 is 0 Å². The molecule has 1 aliphatic carbocycles. The quantitative estimate of drug-likeness (QED) is 0.691. The highest BCUT2D eigenvalue weighted by Gasteiger charge is 2.37. The van der Waals surface area contributed by atoms with E-state index in [1.165, 1.54) is 0 Å². The van der Waals surface area contributed by atoms with Gasteiger partial charge in [-0.1, -0.05) is 13.8 Å². The first-order valence-electron chi connectivity index (χ1n) is 6.45. The van der Waals surface area contributed by atoms with Gasteiger partial charge in [0.15, 0.2) is 0 Å². The number of Topliss-reactive ketones (excluding diaryl/α,β-unsaturated/α-hetero) is 2. The Balaban J connectivity index is 2.69. The van der Waals surface area contributed by atoms with Crippen molar-refractivity contribution in [3.05, 3.63) is 0 Å². The first-order valence-corrected chi connectivity index (χ1v) is 6.45. The van der Waals surface area contributed by atoms with Gasteiger partial charge in [-0.15, -0.1) is 0 Å². The van der Waals surface area contributed by atoms with Crippen LogP contribution in [0.4, 0.5) is 0 Å². The van der Waals surface area contributed by atoms with E-state index in [1.54, 1.807) is 6.92 Å². The van der Waals surface area contributed by atoms with E-state index in [0.717, 1.165) is 19.1 Å². The second-order valence-corrected chi connectivity index (χ2v) is 5.41. The smallest absolute Gasteiger partial charge is 0.140 e. The lowest BCUT2D eigenvalue weighted by Gasteiger charge is -2.34. The summed E-state index contributed by atoms with van der Waals surface area (Å²) < 4.78 is 0. The molecule has 0 aromatic rings. The summed E-state index contributed by atoms with van der Waals surface area (Å²) in [6, 6.07) is 0. The number of aldehydes is 1. The van der Waals surface area contributed by atoms with Gasteiger partial charge in [-0.25, -0.2) is 0 Å². The van der Waals surface area contributed by atoms with Crippen molar-refractivity contribution in [3.63, 3.8) is 0 Å². The maximum Gasteiger partial charge on any atom is 0.140 e. The number of hydrogen-bond donors (Lipinski definition) is 0. The molecule has 1 fully saturated rings. The normalized spacial score (nSPS) is 31.0. The molecule has 0 spiro atoms. The highest BCUT2D eigenvalue weighted by Crippen LogP contribution is 2.36. The van der Waals surface area contributed by atoms with Crippen LogP contribution < -0.4 is 0 Å². The fraction of sp³-hybridized carbons (Fsp3) is 0.786. The van der Waals surface area contributed by atoms with Crippen molar-refractivity contribution < 1.29 is 14.4 Å². The minimum absolute atomic E-state index is 0.0277. The molecule has 4 atom stereocenters. The second-order valence-electron chi connectivity index (χ2n) is 5.41. The van der Waals surface area contributed by atoms with Crippen molar-refractivity contribution in [2.24, 2.45) is 23.7 Å². The first-order chi connectivity index (χ1) is 7.97. The van der Waals surface area contributed by atoms with E-state index in [-0.39, 0.29) is 29.3 Å². The molecule has 1 saturated carbocycles. The molecule has 96 valence electrons. The third-order valence-electron chi connectivity index (χ3n) is 4.01. The van der Waals surface area contributed by atoms with Crippen molar-refractivity contribution in [1.29, 1.82) is 0 Å². The zero-order chi connectivity index (χ0) is 13.0. The largest absolute Gasteiger partial charge is 0.303 e. The lowest BCUT2D eigenvalue weighted by Crippen LogP contribution is -2.37. The number of hydrogen-bond acceptors (Lipinski definition) is 3. The van der Waals surface area contributed by atoms with Crippen LogP contribution in [0.3, 0.4) is 0 Å². The maximum atomic E-state index is 12.3. The molecule has 0 N–H and O–H groups in total. The summed E-state index contributed by atoms with van der Waals surface area (Å²) in [5.74, 6) is 0.340. The monoisotopic (exact) mass is 238 g/mol. The van der Waals surface area contributed by atoms with Crippen LogP contribution in [0.2, 0.25) is 0 Å². The Morgan fingerprint density at radius 1 is 1.47 bits per heavy atom. The molecule has 1 rings (SSSR count). The van der Waals surface area contributed by atoms with Gasteiger partial charge in [-0.05, 0) is 32.1 Å². The third-order valence-corrected chi connectivity index (χ3v) is 4.01. The third kappa shape index (κ3) is 3.48. The van der Waals surface area contributed by atoms with Crippen LogP contribution in [0.1, 0.15) is 46.5 Å². The van der Waals surface area contributed by atoms with E-state index in [1.807, 2.05) is 6.92 Å². The summed E-state index contributed by atoms with van der Waals surface area (Å²) in [4.78, 5) is 34.1. The topological polar surface area (TPSA) is 51.2 Å². The molecule has 1 aliphatic rings. The molecule has 0 bridgehead atoms. The molecular formula is C14H22O3. The van der Waals surface area contributed by atoms with Gasteiger partial charge in [0.25, 0.3) is 0 Å². The molecule has 3 heteroatoms. The summed E-state index contributed by atoms with van der Waals surface area (Å²) in [7, 11) is 0. The van der Waals surface area contributed by atoms with Crippen LogP contribution in [0, 0.1) is 23.7 Å². The summed E-state index contributed by atoms with van der Waals surface area (Å²) >= 11 is 0. The Bertz CT molecular complexity index is 309. The van der Waals surface area contributed by atoms with Crippen LogP contribution in [0.5, 0.6) is 0 Å². The molecule has 0 aromatic heterocycles. The molecule has 0 aromatic carbocycles. The summed E-state index contributed by atoms with van der Waals surface area (Å²) in [5.41, 5.74) is 0. The van der Waals surface area contributed by atoms with Crippen molar-refractivity contribution in [2.75, 3.05) is 0 Å².